The molecule has 3 aromatic heterocycles. The van der Waals surface area contributed by atoms with Crippen LogP contribution in [0.25, 0.3) is 16.8 Å². The fraction of sp³-hybridized carbons (Fsp3) is 0.394. The van der Waals surface area contributed by atoms with Gasteiger partial charge in [-0.05, 0) is 87.6 Å². The van der Waals surface area contributed by atoms with Gasteiger partial charge in [-0.3, -0.25) is 0 Å². The van der Waals surface area contributed by atoms with Crippen LogP contribution >= 0.6 is 0 Å². The van der Waals surface area contributed by atoms with Crippen molar-refractivity contribution in [2.45, 2.75) is 58.4 Å². The van der Waals surface area contributed by atoms with Crippen LogP contribution in [-0.4, -0.2) is 37.0 Å². The molecule has 4 atom stereocenters. The number of hydrogen-bond donors (Lipinski definition) is 1. The Balaban J connectivity index is 1.09. The van der Waals surface area contributed by atoms with Crippen LogP contribution in [0.4, 0.5) is 5.69 Å². The normalized spacial score (nSPS) is 23.5. The molecular formula is C33H34N8. The molecule has 2 aliphatic carbocycles. The zero-order valence-electron chi connectivity index (χ0n) is 23.5. The summed E-state index contributed by atoms with van der Waals surface area (Å²) in [6.07, 6.45) is 12.2. The Morgan fingerprint density at radius 3 is 2.59 bits per heavy atom. The van der Waals surface area contributed by atoms with E-state index in [1.54, 1.807) is 6.20 Å². The molecule has 1 N–H and O–H groups in total. The fourth-order valence-electron chi connectivity index (χ4n) is 7.31. The van der Waals surface area contributed by atoms with Gasteiger partial charge in [0, 0.05) is 59.7 Å². The van der Waals surface area contributed by atoms with Gasteiger partial charge in [-0.1, -0.05) is 12.1 Å². The number of anilines is 1. The largest absolute Gasteiger partial charge is 0.382 e. The molecule has 4 heterocycles. The minimum atomic E-state index is 0.270. The molecule has 8 heteroatoms. The van der Waals surface area contributed by atoms with Gasteiger partial charge in [0.15, 0.2) is 0 Å². The van der Waals surface area contributed by atoms with Crippen molar-refractivity contribution in [1.29, 1.82) is 5.26 Å². The Labute approximate surface area is 240 Å². The third-order valence-corrected chi connectivity index (χ3v) is 9.15. The van der Waals surface area contributed by atoms with Gasteiger partial charge in [-0.15, -0.1) is 0 Å². The zero-order chi connectivity index (χ0) is 27.9. The van der Waals surface area contributed by atoms with E-state index >= 15 is 0 Å². The predicted molar refractivity (Wildman–Crippen MR) is 161 cm³/mol. The minimum Gasteiger partial charge on any atom is -0.382 e. The maximum atomic E-state index is 9.24. The summed E-state index contributed by atoms with van der Waals surface area (Å²) < 4.78 is 1.89. The number of nitrogens with zero attached hydrogens (tertiary/aromatic N) is 7. The Morgan fingerprint density at radius 1 is 1.02 bits per heavy atom. The highest BCUT2D eigenvalue weighted by Gasteiger charge is 2.44. The van der Waals surface area contributed by atoms with Crippen molar-refractivity contribution in [2.75, 3.05) is 5.32 Å². The number of hydrogen-bond acceptors (Lipinski definition) is 7. The Bertz CT molecular complexity index is 1680. The molecule has 1 aliphatic heterocycles. The molecule has 8 nitrogen and oxygen atoms in total. The molecular weight excluding hydrogens is 508 g/mol. The van der Waals surface area contributed by atoms with Gasteiger partial charge in [0.05, 0.1) is 28.7 Å². The van der Waals surface area contributed by atoms with Gasteiger partial charge in [-0.25, -0.2) is 14.5 Å². The average molecular weight is 543 g/mol. The van der Waals surface area contributed by atoms with E-state index in [-0.39, 0.29) is 6.04 Å². The van der Waals surface area contributed by atoms with Gasteiger partial charge >= 0.3 is 0 Å². The third kappa shape index (κ3) is 4.90. The summed E-state index contributed by atoms with van der Waals surface area (Å²) in [5, 5.41) is 26.9. The van der Waals surface area contributed by atoms with Crippen LogP contribution in [0, 0.1) is 35.0 Å². The molecule has 3 aliphatic rings. The number of rotatable bonds is 7. The first-order valence-electron chi connectivity index (χ1n) is 14.7. The van der Waals surface area contributed by atoms with Gasteiger partial charge in [0.1, 0.15) is 11.9 Å². The van der Waals surface area contributed by atoms with Crippen molar-refractivity contribution in [3.63, 3.8) is 0 Å². The number of fused-ring (bicyclic) bond motifs is 3. The number of aromatic nitrogens is 4. The van der Waals surface area contributed by atoms with Crippen molar-refractivity contribution >= 4 is 22.6 Å². The summed E-state index contributed by atoms with van der Waals surface area (Å²) in [5.74, 6) is 3.64. The summed E-state index contributed by atoms with van der Waals surface area (Å²) in [6.45, 7) is 4.31. The summed E-state index contributed by atoms with van der Waals surface area (Å²) in [7, 11) is 0. The van der Waals surface area contributed by atoms with E-state index in [9.17, 15) is 5.26 Å². The predicted octanol–water partition coefficient (Wildman–Crippen LogP) is 6.33. The summed E-state index contributed by atoms with van der Waals surface area (Å²) in [6, 6.07) is 16.7. The summed E-state index contributed by atoms with van der Waals surface area (Å²) in [5.41, 5.74) is 7.97. The Kier molecular flexibility index (Phi) is 6.58. The molecule has 206 valence electrons. The van der Waals surface area contributed by atoms with Gasteiger partial charge in [-0.2, -0.15) is 20.6 Å². The van der Waals surface area contributed by atoms with Gasteiger partial charge < -0.3 is 5.32 Å². The van der Waals surface area contributed by atoms with Crippen LogP contribution in [0.3, 0.4) is 0 Å². The molecule has 41 heavy (non-hydrogen) atoms. The van der Waals surface area contributed by atoms with E-state index in [2.05, 4.69) is 64.6 Å². The molecule has 0 saturated heterocycles. The lowest BCUT2D eigenvalue weighted by Gasteiger charge is -2.35. The van der Waals surface area contributed by atoms with E-state index in [0.29, 0.717) is 17.4 Å². The van der Waals surface area contributed by atoms with Crippen LogP contribution in [-0.2, 0) is 6.42 Å². The first-order valence-corrected chi connectivity index (χ1v) is 14.7. The van der Waals surface area contributed by atoms with E-state index < -0.39 is 0 Å². The molecule has 2 fully saturated rings. The second-order valence-electron chi connectivity index (χ2n) is 12.1. The molecule has 0 spiro atoms. The molecule has 1 aromatic carbocycles. The molecule has 7 rings (SSSR count). The molecule has 2 saturated carbocycles. The number of nitrogens with one attached hydrogen (secondary N) is 1. The zero-order valence-corrected chi connectivity index (χ0v) is 23.5. The van der Waals surface area contributed by atoms with Crippen LogP contribution in [0.15, 0.2) is 71.3 Å². The third-order valence-electron chi connectivity index (χ3n) is 9.15. The number of nitriles is 1. The lowest BCUT2D eigenvalue weighted by Crippen LogP contribution is -2.32. The van der Waals surface area contributed by atoms with Crippen molar-refractivity contribution in [3.05, 3.63) is 78.0 Å². The van der Waals surface area contributed by atoms with Crippen LogP contribution < -0.4 is 5.32 Å². The van der Waals surface area contributed by atoms with E-state index in [1.165, 1.54) is 31.4 Å². The van der Waals surface area contributed by atoms with Gasteiger partial charge in [0.25, 0.3) is 0 Å². The first kappa shape index (κ1) is 25.6. The second kappa shape index (κ2) is 10.5. The standard InChI is InChI=1S/C33H34N8/c1-20(2)38-30-15-24(32-9-7-26-12-21(18-34)19-37-41(26)32)6-8-27(30)31-17-29(39-40-31)25-13-22-4-5-23(14-25)28(22)16-33-35-10-3-11-36-33/h3,6-12,15,19-20,22-23,25,28,38H,4-5,13-14,16-17H2,1-2H3/t22-,23+,25?,28?. The van der Waals surface area contributed by atoms with Crippen LogP contribution in [0.2, 0.25) is 0 Å². The van der Waals surface area contributed by atoms with Gasteiger partial charge in [0.2, 0.25) is 0 Å². The Morgan fingerprint density at radius 2 is 1.83 bits per heavy atom. The maximum Gasteiger partial charge on any atom is 0.128 e. The second-order valence-corrected chi connectivity index (χ2v) is 12.1. The fourth-order valence-corrected chi connectivity index (χ4v) is 7.31. The van der Waals surface area contributed by atoms with Crippen LogP contribution in [0.5, 0.6) is 0 Å². The Hall–Kier alpha value is -4.38. The van der Waals surface area contributed by atoms with E-state index in [1.807, 2.05) is 35.1 Å². The SMILES string of the molecule is CC(C)Nc1cc(-c2ccc3cc(C#N)cnn23)ccc1C1=NN=C(C2C[C@H]3CC[C@@H](C2)C3Cc2ncccn2)C1. The topological polar surface area (TPSA) is 104 Å². The van der Waals surface area contributed by atoms with Crippen molar-refractivity contribution in [1.82, 2.24) is 19.6 Å². The lowest BCUT2D eigenvalue weighted by molar-refractivity contribution is 0.197. The average Bonchev–Trinajstić information content (AvgIpc) is 3.69. The number of benzene rings is 1. The molecule has 4 aromatic rings. The first-order chi connectivity index (χ1) is 20.1. The van der Waals surface area contributed by atoms with E-state index in [4.69, 9.17) is 10.2 Å². The molecule has 0 amide bonds. The highest BCUT2D eigenvalue weighted by atomic mass is 15.2. The highest BCUT2D eigenvalue weighted by molar-refractivity contribution is 6.18. The monoisotopic (exact) mass is 542 g/mol. The van der Waals surface area contributed by atoms with E-state index in [0.717, 1.165) is 64.2 Å². The molecule has 2 bridgehead atoms. The molecule has 0 radical (unpaired) electrons. The lowest BCUT2D eigenvalue weighted by atomic mass is 9.70. The quantitative estimate of drug-likeness (QED) is 0.294. The van der Waals surface area contributed by atoms with Crippen molar-refractivity contribution < 1.29 is 0 Å². The summed E-state index contributed by atoms with van der Waals surface area (Å²) in [4.78, 5) is 9.01. The highest BCUT2D eigenvalue weighted by Crippen LogP contribution is 2.51. The minimum absolute atomic E-state index is 0.270. The van der Waals surface area contributed by atoms with Crippen LogP contribution in [0.1, 0.15) is 62.9 Å². The van der Waals surface area contributed by atoms with Crippen molar-refractivity contribution in [2.24, 2.45) is 33.9 Å². The maximum absolute atomic E-state index is 9.24. The molecule has 2 unspecified atom stereocenters. The smallest absolute Gasteiger partial charge is 0.128 e. The van der Waals surface area contributed by atoms with Crippen molar-refractivity contribution in [3.8, 4) is 17.3 Å². The summed E-state index contributed by atoms with van der Waals surface area (Å²) >= 11 is 0.